The molecule has 0 spiro atoms. The van der Waals surface area contributed by atoms with Crippen molar-refractivity contribution in [2.24, 2.45) is 0 Å². The lowest BCUT2D eigenvalue weighted by atomic mass is 9.86. The normalized spacial score (nSPS) is 13.5. The molecule has 0 radical (unpaired) electrons. The topological polar surface area (TPSA) is 109 Å². The van der Waals surface area contributed by atoms with Crippen molar-refractivity contribution in [2.45, 2.75) is 33.1 Å². The Kier molecular flexibility index (Phi) is 8.07. The van der Waals surface area contributed by atoms with Crippen LogP contribution in [-0.2, 0) is 10.2 Å². The van der Waals surface area contributed by atoms with Crippen LogP contribution >= 0.6 is 0 Å². The predicted octanol–water partition coefficient (Wildman–Crippen LogP) is 5.61. The second-order valence-corrected chi connectivity index (χ2v) is 11.0. The van der Waals surface area contributed by atoms with Gasteiger partial charge in [-0.15, -0.1) is 0 Å². The van der Waals surface area contributed by atoms with E-state index in [9.17, 15) is 9.59 Å². The van der Waals surface area contributed by atoms with E-state index in [1.54, 1.807) is 17.0 Å². The highest BCUT2D eigenvalue weighted by molar-refractivity contribution is 6.05. The van der Waals surface area contributed by atoms with Crippen LogP contribution in [0, 0.1) is 6.92 Å². The molecule has 0 saturated carbocycles. The van der Waals surface area contributed by atoms with E-state index in [0.717, 1.165) is 16.8 Å². The molecule has 1 aliphatic rings. The number of hydrogen-bond acceptors (Lipinski definition) is 7. The van der Waals surface area contributed by atoms with Crippen LogP contribution in [0.15, 0.2) is 73.1 Å². The smallest absolute Gasteiger partial charge is 0.255 e. The molecule has 1 saturated heterocycles. The number of rotatable bonds is 6. The number of nitrogens with one attached hydrogen (secondary N) is 2. The van der Waals surface area contributed by atoms with Crippen molar-refractivity contribution in [3.05, 3.63) is 95.3 Å². The molecular formula is C32H34N6O3. The molecule has 3 aromatic carbocycles. The van der Waals surface area contributed by atoms with Crippen LogP contribution in [0.4, 0.5) is 17.3 Å². The summed E-state index contributed by atoms with van der Waals surface area (Å²) in [5.41, 5.74) is 5.45. The van der Waals surface area contributed by atoms with Gasteiger partial charge in [0.1, 0.15) is 6.33 Å². The summed E-state index contributed by atoms with van der Waals surface area (Å²) in [4.78, 5) is 40.8. The quantitative estimate of drug-likeness (QED) is 0.321. The van der Waals surface area contributed by atoms with Gasteiger partial charge in [-0.1, -0.05) is 45.0 Å². The maximum atomic E-state index is 13.0. The molecule has 2 amide bonds. The van der Waals surface area contributed by atoms with E-state index in [2.05, 4.69) is 46.4 Å². The number of amides is 2. The van der Waals surface area contributed by atoms with Gasteiger partial charge in [-0.3, -0.25) is 9.59 Å². The van der Waals surface area contributed by atoms with Gasteiger partial charge in [0.15, 0.2) is 5.82 Å². The maximum absolute atomic E-state index is 13.0. The Labute approximate surface area is 240 Å². The molecule has 1 aromatic heterocycles. The van der Waals surface area contributed by atoms with Crippen molar-refractivity contribution >= 4 is 29.1 Å². The van der Waals surface area contributed by atoms with Gasteiger partial charge >= 0.3 is 0 Å². The van der Waals surface area contributed by atoms with Gasteiger partial charge in [0, 0.05) is 41.2 Å². The number of morpholine rings is 1. The van der Waals surface area contributed by atoms with Crippen molar-refractivity contribution in [3.63, 3.8) is 0 Å². The monoisotopic (exact) mass is 550 g/mol. The first-order valence-corrected chi connectivity index (χ1v) is 13.6. The average molecular weight is 551 g/mol. The molecule has 9 heteroatoms. The third-order valence-electron chi connectivity index (χ3n) is 7.09. The van der Waals surface area contributed by atoms with Crippen LogP contribution in [0.25, 0.3) is 11.4 Å². The number of nitrogens with zero attached hydrogens (tertiary/aromatic N) is 4. The lowest BCUT2D eigenvalue weighted by molar-refractivity contribution is 0.0303. The van der Waals surface area contributed by atoms with Gasteiger partial charge < -0.3 is 20.3 Å². The molecule has 210 valence electrons. The van der Waals surface area contributed by atoms with Crippen LogP contribution < -0.4 is 10.6 Å². The Bertz CT molecular complexity index is 1540. The summed E-state index contributed by atoms with van der Waals surface area (Å²) in [6.07, 6.45) is 1.45. The molecule has 2 N–H and O–H groups in total. The maximum Gasteiger partial charge on any atom is 0.255 e. The lowest BCUT2D eigenvalue weighted by Gasteiger charge is -2.26. The highest BCUT2D eigenvalue weighted by Crippen LogP contribution is 2.28. The van der Waals surface area contributed by atoms with Crippen molar-refractivity contribution in [2.75, 3.05) is 36.9 Å². The second-order valence-electron chi connectivity index (χ2n) is 11.0. The van der Waals surface area contributed by atoms with Crippen molar-refractivity contribution < 1.29 is 14.3 Å². The standard InChI is InChI=1S/C32H34N6O3/c1-21-26(6-5-7-27(21)36-29(39)22-8-12-24(13-9-22)32(2,3)4)28-33-20-34-31(37-28)35-25-14-10-23(11-15-25)30(40)38-16-18-41-19-17-38/h5-15,20H,16-19H2,1-4H3,(H,36,39)(H,33,34,35,37). The summed E-state index contributed by atoms with van der Waals surface area (Å²) >= 11 is 0. The van der Waals surface area contributed by atoms with E-state index in [-0.39, 0.29) is 17.2 Å². The molecule has 1 aliphatic heterocycles. The Hall–Kier alpha value is -4.63. The molecule has 1 fully saturated rings. The zero-order valence-corrected chi connectivity index (χ0v) is 23.8. The molecule has 0 aliphatic carbocycles. The minimum Gasteiger partial charge on any atom is -0.378 e. The molecular weight excluding hydrogens is 516 g/mol. The Morgan fingerprint density at radius 1 is 0.878 bits per heavy atom. The van der Waals surface area contributed by atoms with Crippen LogP contribution in [-0.4, -0.2) is 58.0 Å². The Morgan fingerprint density at radius 3 is 2.24 bits per heavy atom. The molecule has 9 nitrogen and oxygen atoms in total. The van der Waals surface area contributed by atoms with E-state index >= 15 is 0 Å². The Morgan fingerprint density at radius 2 is 1.56 bits per heavy atom. The summed E-state index contributed by atoms with van der Waals surface area (Å²) in [5, 5.41) is 6.21. The number of benzene rings is 3. The highest BCUT2D eigenvalue weighted by atomic mass is 16.5. The van der Waals surface area contributed by atoms with Gasteiger partial charge in [-0.25, -0.2) is 9.97 Å². The number of carbonyl (C=O) groups is 2. The van der Waals surface area contributed by atoms with Crippen LogP contribution in [0.1, 0.15) is 52.6 Å². The fourth-order valence-corrected chi connectivity index (χ4v) is 4.59. The molecule has 41 heavy (non-hydrogen) atoms. The van der Waals surface area contributed by atoms with Gasteiger partial charge in [0.25, 0.3) is 11.8 Å². The van der Waals surface area contributed by atoms with Crippen molar-refractivity contribution in [1.82, 2.24) is 19.9 Å². The van der Waals surface area contributed by atoms with Gasteiger partial charge in [-0.05, 0) is 65.9 Å². The highest BCUT2D eigenvalue weighted by Gasteiger charge is 2.19. The summed E-state index contributed by atoms with van der Waals surface area (Å²) in [6.45, 7) is 10.7. The SMILES string of the molecule is Cc1c(NC(=O)c2ccc(C(C)(C)C)cc2)cccc1-c1ncnc(Nc2ccc(C(=O)N3CCOCC3)cc2)n1. The molecule has 5 rings (SSSR count). The average Bonchev–Trinajstić information content (AvgIpc) is 2.98. The summed E-state index contributed by atoms with van der Waals surface area (Å²) in [7, 11) is 0. The fraction of sp³-hybridized carbons (Fsp3) is 0.281. The summed E-state index contributed by atoms with van der Waals surface area (Å²) < 4.78 is 5.33. The second kappa shape index (κ2) is 11.9. The molecule has 4 aromatic rings. The van der Waals surface area contributed by atoms with E-state index in [1.807, 2.05) is 61.5 Å². The van der Waals surface area contributed by atoms with Crippen molar-refractivity contribution in [3.8, 4) is 11.4 Å². The van der Waals surface area contributed by atoms with E-state index in [0.29, 0.717) is 54.9 Å². The zero-order chi connectivity index (χ0) is 29.0. The van der Waals surface area contributed by atoms with Gasteiger partial charge in [0.05, 0.1) is 13.2 Å². The first kappa shape index (κ1) is 27.9. The van der Waals surface area contributed by atoms with E-state index in [4.69, 9.17) is 4.74 Å². The third-order valence-corrected chi connectivity index (χ3v) is 7.09. The van der Waals surface area contributed by atoms with Crippen molar-refractivity contribution in [1.29, 1.82) is 0 Å². The molecule has 0 unspecified atom stereocenters. The first-order chi connectivity index (χ1) is 19.7. The van der Waals surface area contributed by atoms with Gasteiger partial charge in [-0.2, -0.15) is 4.98 Å². The van der Waals surface area contributed by atoms with E-state index < -0.39 is 0 Å². The van der Waals surface area contributed by atoms with Crippen LogP contribution in [0.2, 0.25) is 0 Å². The van der Waals surface area contributed by atoms with E-state index in [1.165, 1.54) is 11.9 Å². The molecule has 0 bridgehead atoms. The predicted molar refractivity (Wildman–Crippen MR) is 160 cm³/mol. The number of aromatic nitrogens is 3. The zero-order valence-electron chi connectivity index (χ0n) is 23.8. The van der Waals surface area contributed by atoms with Crippen LogP contribution in [0.5, 0.6) is 0 Å². The number of hydrogen-bond donors (Lipinski definition) is 2. The Balaban J connectivity index is 1.29. The minimum atomic E-state index is -0.181. The lowest BCUT2D eigenvalue weighted by Crippen LogP contribution is -2.40. The summed E-state index contributed by atoms with van der Waals surface area (Å²) in [6, 6.07) is 20.5. The minimum absolute atomic E-state index is 0.00772. The number of ether oxygens (including phenoxy) is 1. The number of carbonyl (C=O) groups excluding carboxylic acids is 2. The molecule has 2 heterocycles. The largest absolute Gasteiger partial charge is 0.378 e. The molecule has 0 atom stereocenters. The third kappa shape index (κ3) is 6.58. The fourth-order valence-electron chi connectivity index (χ4n) is 4.59. The van der Waals surface area contributed by atoms with Gasteiger partial charge in [0.2, 0.25) is 5.95 Å². The van der Waals surface area contributed by atoms with Crippen LogP contribution in [0.3, 0.4) is 0 Å². The summed E-state index contributed by atoms with van der Waals surface area (Å²) in [5.74, 6) is 0.658. The first-order valence-electron chi connectivity index (χ1n) is 13.6. The number of anilines is 3.